The van der Waals surface area contributed by atoms with E-state index in [2.05, 4.69) is 10.3 Å². The molecule has 178 valence electrons. The Kier molecular flexibility index (Phi) is 8.67. The average molecular weight is 495 g/mol. The zero-order valence-electron chi connectivity index (χ0n) is 18.4. The fourth-order valence-electron chi connectivity index (χ4n) is 4.09. The highest BCUT2D eigenvalue weighted by atomic mass is 35.5. The van der Waals surface area contributed by atoms with Crippen molar-refractivity contribution in [3.8, 4) is 0 Å². The molecule has 7 nitrogen and oxygen atoms in total. The normalized spacial score (nSPS) is 20.8. The molecule has 4 rings (SSSR count). The number of carbonyl (C=O) groups is 2. The van der Waals surface area contributed by atoms with Gasteiger partial charge in [-0.05, 0) is 37.8 Å². The fraction of sp³-hybridized carbons (Fsp3) is 0.478. The van der Waals surface area contributed by atoms with Crippen LogP contribution in [0.2, 0.25) is 0 Å². The molecule has 0 spiro atoms. The number of aromatic nitrogens is 3. The van der Waals surface area contributed by atoms with Crippen LogP contribution in [0, 0.1) is 11.7 Å². The zero-order chi connectivity index (χ0) is 22.7. The Morgan fingerprint density at radius 1 is 1.30 bits per heavy atom. The number of halogens is 2. The molecule has 1 saturated carbocycles. The minimum Gasteiger partial charge on any atom is -0.461 e. The van der Waals surface area contributed by atoms with Crippen molar-refractivity contribution in [2.45, 2.75) is 44.0 Å². The van der Waals surface area contributed by atoms with Crippen LogP contribution in [0.3, 0.4) is 0 Å². The highest BCUT2D eigenvalue weighted by molar-refractivity contribution is 7.81. The van der Waals surface area contributed by atoms with Crippen molar-refractivity contribution in [1.82, 2.24) is 19.9 Å². The van der Waals surface area contributed by atoms with Crippen molar-refractivity contribution < 1.29 is 18.7 Å². The largest absolute Gasteiger partial charge is 0.461 e. The number of Topliss-reactive ketones (excluding diaryl/α,β-unsaturated/α-hetero) is 1. The molecule has 0 N–H and O–H groups in total. The smallest absolute Gasteiger partial charge is 0.358 e. The Morgan fingerprint density at radius 2 is 2.06 bits per heavy atom. The molecular formula is C23H28ClFN4O3S. The summed E-state index contributed by atoms with van der Waals surface area (Å²) < 4.78 is 21.2. The van der Waals surface area contributed by atoms with Gasteiger partial charge in [0.2, 0.25) is 0 Å². The third-order valence-electron chi connectivity index (χ3n) is 5.95. The molecule has 1 aliphatic carbocycles. The highest BCUT2D eigenvalue weighted by Crippen LogP contribution is 2.39. The predicted octanol–water partition coefficient (Wildman–Crippen LogP) is 3.67. The molecule has 2 aliphatic rings. The lowest BCUT2D eigenvalue weighted by Gasteiger charge is -2.37. The van der Waals surface area contributed by atoms with Crippen molar-refractivity contribution in [1.29, 1.82) is 0 Å². The number of esters is 1. The zero-order valence-corrected chi connectivity index (χ0v) is 20.1. The number of ketones is 1. The molecule has 10 heteroatoms. The molecule has 2 unspecified atom stereocenters. The highest BCUT2D eigenvalue weighted by Gasteiger charge is 2.40. The van der Waals surface area contributed by atoms with Crippen LogP contribution in [0.4, 0.5) is 4.39 Å². The number of hydrogen-bond acceptors (Lipinski definition) is 7. The van der Waals surface area contributed by atoms with Gasteiger partial charge in [-0.15, -0.1) is 17.5 Å². The van der Waals surface area contributed by atoms with Gasteiger partial charge in [-0.25, -0.2) is 13.9 Å². The van der Waals surface area contributed by atoms with Crippen LogP contribution in [0.5, 0.6) is 0 Å². The van der Waals surface area contributed by atoms with Gasteiger partial charge < -0.3 is 4.74 Å². The van der Waals surface area contributed by atoms with E-state index in [1.165, 1.54) is 16.9 Å². The first kappa shape index (κ1) is 25.4. The maximum absolute atomic E-state index is 14.7. The summed E-state index contributed by atoms with van der Waals surface area (Å²) in [5, 5.41) is 7.81. The van der Waals surface area contributed by atoms with Crippen molar-refractivity contribution in [3.63, 3.8) is 0 Å². The number of rotatable bonds is 8. The average Bonchev–Trinajstić information content (AvgIpc) is 3.53. The number of allylic oxidation sites excluding steroid dienone is 1. The van der Waals surface area contributed by atoms with Crippen molar-refractivity contribution in [2.24, 2.45) is 5.92 Å². The Morgan fingerprint density at radius 3 is 2.76 bits per heavy atom. The maximum atomic E-state index is 14.7. The van der Waals surface area contributed by atoms with Gasteiger partial charge in [0.1, 0.15) is 5.82 Å². The first-order valence-electron chi connectivity index (χ1n) is 10.9. The third-order valence-corrected chi connectivity index (χ3v) is 6.54. The maximum Gasteiger partial charge on any atom is 0.358 e. The second-order valence-corrected chi connectivity index (χ2v) is 8.80. The van der Waals surface area contributed by atoms with Crippen LogP contribution in [0.15, 0.2) is 42.1 Å². The van der Waals surface area contributed by atoms with Crippen molar-refractivity contribution in [2.75, 3.05) is 19.7 Å². The summed E-state index contributed by atoms with van der Waals surface area (Å²) in [4.78, 5) is 27.3. The minimum absolute atomic E-state index is 0. The molecule has 1 aliphatic heterocycles. The van der Waals surface area contributed by atoms with E-state index in [1.54, 1.807) is 25.1 Å². The number of hydrogen-bond donors (Lipinski definition) is 1. The van der Waals surface area contributed by atoms with E-state index in [0.29, 0.717) is 25.2 Å². The number of carbonyl (C=O) groups excluding carboxylic acids is 2. The summed E-state index contributed by atoms with van der Waals surface area (Å²) >= 11 is 4.72. The van der Waals surface area contributed by atoms with E-state index in [0.717, 1.165) is 24.8 Å². The van der Waals surface area contributed by atoms with Gasteiger partial charge in [0.25, 0.3) is 0 Å². The second-order valence-electron chi connectivity index (χ2n) is 8.18. The minimum atomic E-state index is -0.602. The lowest BCUT2D eigenvalue weighted by atomic mass is 9.93. The molecule has 1 aromatic carbocycles. The van der Waals surface area contributed by atoms with Gasteiger partial charge in [0, 0.05) is 29.8 Å². The van der Waals surface area contributed by atoms with E-state index in [1.807, 2.05) is 11.0 Å². The van der Waals surface area contributed by atoms with Gasteiger partial charge in [-0.3, -0.25) is 9.69 Å². The van der Waals surface area contributed by atoms with Crippen molar-refractivity contribution >= 4 is 36.8 Å². The molecule has 2 atom stereocenters. The number of thiol groups is 1. The van der Waals surface area contributed by atoms with Crippen LogP contribution in [-0.4, -0.2) is 56.6 Å². The van der Waals surface area contributed by atoms with Crippen LogP contribution in [0.25, 0.3) is 0 Å². The molecule has 1 saturated heterocycles. The number of likely N-dealkylation sites (tertiary alicyclic amines) is 1. The standard InChI is InChI=1S/C23H27FN4O3S.ClH/c1-2-31-23(30)19-13-25-26-28(19)12-9-16-14-27(11-10-20(16)32)21(22(29)15-7-8-15)17-5-3-4-6-18(17)24;/h3-6,9,13,15,20-21,32H,2,7-8,10-12,14H2,1H3;1H/b16-9+;. The first-order valence-corrected chi connectivity index (χ1v) is 11.5. The molecule has 2 heterocycles. The summed E-state index contributed by atoms with van der Waals surface area (Å²) in [6, 6.07) is 5.93. The molecular weight excluding hydrogens is 467 g/mol. The number of ether oxygens (including phenoxy) is 1. The van der Waals surface area contributed by atoms with E-state index in [4.69, 9.17) is 17.4 Å². The van der Waals surface area contributed by atoms with Crippen LogP contribution in [-0.2, 0) is 16.1 Å². The third kappa shape index (κ3) is 5.83. The number of piperidine rings is 1. The Labute approximate surface area is 204 Å². The number of nitrogens with zero attached hydrogens (tertiary/aromatic N) is 4. The van der Waals surface area contributed by atoms with E-state index in [-0.39, 0.29) is 47.5 Å². The lowest BCUT2D eigenvalue weighted by Crippen LogP contribution is -2.42. The van der Waals surface area contributed by atoms with Crippen LogP contribution < -0.4 is 0 Å². The molecule has 0 radical (unpaired) electrons. The molecule has 33 heavy (non-hydrogen) atoms. The molecule has 2 fully saturated rings. The Hall–Kier alpha value is -2.23. The van der Waals surface area contributed by atoms with Crippen LogP contribution >= 0.6 is 25.0 Å². The van der Waals surface area contributed by atoms with Crippen LogP contribution in [0.1, 0.15) is 48.3 Å². The Balaban J connectivity index is 0.00000306. The fourth-order valence-corrected chi connectivity index (χ4v) is 4.39. The number of benzene rings is 1. The summed E-state index contributed by atoms with van der Waals surface area (Å²) in [5.41, 5.74) is 1.72. The van der Waals surface area contributed by atoms with Crippen molar-refractivity contribution in [3.05, 3.63) is 59.2 Å². The second kappa shape index (κ2) is 11.3. The summed E-state index contributed by atoms with van der Waals surface area (Å²) in [5.74, 6) is -0.721. The van der Waals surface area contributed by atoms with Gasteiger partial charge in [-0.1, -0.05) is 29.5 Å². The van der Waals surface area contributed by atoms with E-state index >= 15 is 0 Å². The molecule has 1 aromatic heterocycles. The lowest BCUT2D eigenvalue weighted by molar-refractivity contribution is -0.126. The van der Waals surface area contributed by atoms with Gasteiger partial charge in [0.05, 0.1) is 25.4 Å². The van der Waals surface area contributed by atoms with Gasteiger partial charge in [0.15, 0.2) is 11.5 Å². The topological polar surface area (TPSA) is 77.3 Å². The van der Waals surface area contributed by atoms with E-state index < -0.39 is 12.0 Å². The Bertz CT molecular complexity index is 1030. The van der Waals surface area contributed by atoms with Gasteiger partial charge in [-0.2, -0.15) is 12.6 Å². The summed E-state index contributed by atoms with van der Waals surface area (Å²) in [6.45, 7) is 3.49. The molecule has 2 aromatic rings. The quantitative estimate of drug-likeness (QED) is 0.343. The predicted molar refractivity (Wildman–Crippen MR) is 127 cm³/mol. The van der Waals surface area contributed by atoms with Gasteiger partial charge >= 0.3 is 5.97 Å². The monoisotopic (exact) mass is 494 g/mol. The molecule has 0 bridgehead atoms. The SMILES string of the molecule is CCOC(=O)c1cnnn1C/C=C1\CN(C(C(=O)C2CC2)c2ccccc2F)CCC1S.Cl. The molecule has 0 amide bonds. The summed E-state index contributed by atoms with van der Waals surface area (Å²) in [7, 11) is 0. The van der Waals surface area contributed by atoms with E-state index in [9.17, 15) is 14.0 Å². The summed E-state index contributed by atoms with van der Waals surface area (Å²) in [6.07, 6.45) is 5.82. The first-order chi connectivity index (χ1) is 15.5.